The minimum Gasteiger partial charge on any atom is -0.384 e. The van der Waals surface area contributed by atoms with Crippen molar-refractivity contribution in [2.45, 2.75) is 13.3 Å². The summed E-state index contributed by atoms with van der Waals surface area (Å²) in [5, 5.41) is 21.2. The zero-order chi connectivity index (χ0) is 14.4. The monoisotopic (exact) mass is 270 g/mol. The van der Waals surface area contributed by atoms with Gasteiger partial charge in [0, 0.05) is 11.3 Å². The number of benzene rings is 1. The molecule has 0 radical (unpaired) electrons. The van der Waals surface area contributed by atoms with Crippen LogP contribution in [0.25, 0.3) is 0 Å². The molecule has 2 aromatic rings. The third-order valence-corrected chi connectivity index (χ3v) is 2.69. The minimum atomic E-state index is -0.317. The van der Waals surface area contributed by atoms with Gasteiger partial charge in [-0.15, -0.1) is 0 Å². The predicted octanol–water partition coefficient (Wildman–Crippen LogP) is 0.963. The number of aliphatic hydroxyl groups is 1. The molecule has 1 aromatic heterocycles. The molecule has 6 heteroatoms. The molecule has 0 atom stereocenters. The zero-order valence-electron chi connectivity index (χ0n) is 11.0. The van der Waals surface area contributed by atoms with Crippen molar-refractivity contribution >= 4 is 11.6 Å². The molecule has 2 rings (SSSR count). The summed E-state index contributed by atoms with van der Waals surface area (Å²) in [5.74, 6) is 5.11. The van der Waals surface area contributed by atoms with Gasteiger partial charge in [0.2, 0.25) is 0 Å². The third-order valence-electron chi connectivity index (χ3n) is 2.69. The van der Waals surface area contributed by atoms with E-state index in [1.54, 1.807) is 12.1 Å². The van der Waals surface area contributed by atoms with Gasteiger partial charge >= 0.3 is 0 Å². The molecule has 1 aromatic carbocycles. The first kappa shape index (κ1) is 13.8. The lowest BCUT2D eigenvalue weighted by molar-refractivity contribution is 0.102. The number of carbonyl (C=O) groups is 1. The van der Waals surface area contributed by atoms with Gasteiger partial charge in [0.1, 0.15) is 6.61 Å². The number of aromatic amines is 1. The number of nitrogens with zero attached hydrogens (tertiary/aromatic N) is 2. The summed E-state index contributed by atoms with van der Waals surface area (Å²) < 4.78 is 0. The topological polar surface area (TPSA) is 90.9 Å². The van der Waals surface area contributed by atoms with Crippen LogP contribution in [0.4, 0.5) is 5.69 Å². The normalized spacial score (nSPS) is 9.70. The predicted molar refractivity (Wildman–Crippen MR) is 74.1 cm³/mol. The van der Waals surface area contributed by atoms with E-state index in [9.17, 15) is 4.79 Å². The van der Waals surface area contributed by atoms with Crippen LogP contribution >= 0.6 is 0 Å². The van der Waals surface area contributed by atoms with E-state index in [1.807, 2.05) is 13.0 Å². The highest BCUT2D eigenvalue weighted by Crippen LogP contribution is 2.18. The highest BCUT2D eigenvalue weighted by Gasteiger charge is 2.11. The summed E-state index contributed by atoms with van der Waals surface area (Å²) in [6, 6.07) is 5.47. The van der Waals surface area contributed by atoms with Crippen LogP contribution in [0.15, 0.2) is 24.4 Å². The number of hydrogen-bond acceptors (Lipinski definition) is 4. The number of rotatable bonds is 3. The molecule has 1 amide bonds. The fraction of sp³-hybridized carbons (Fsp3) is 0.214. The number of aryl methyl sites for hydroxylation is 1. The van der Waals surface area contributed by atoms with Crippen molar-refractivity contribution in [3.8, 4) is 11.8 Å². The van der Waals surface area contributed by atoms with Crippen LogP contribution in [0, 0.1) is 11.8 Å². The molecule has 0 aliphatic heterocycles. The van der Waals surface area contributed by atoms with E-state index in [-0.39, 0.29) is 18.2 Å². The summed E-state index contributed by atoms with van der Waals surface area (Å²) in [7, 11) is 0. The number of hydrogen-bond donors (Lipinski definition) is 3. The van der Waals surface area contributed by atoms with Crippen LogP contribution in [0.5, 0.6) is 0 Å². The van der Waals surface area contributed by atoms with Crippen LogP contribution in [-0.2, 0) is 6.42 Å². The molecule has 0 fully saturated rings. The second-order valence-electron chi connectivity index (χ2n) is 3.99. The Labute approximate surface area is 116 Å². The molecular formula is C14H14N4O2. The molecule has 0 spiro atoms. The number of aromatic nitrogens is 3. The lowest BCUT2D eigenvalue weighted by Crippen LogP contribution is -2.13. The minimum absolute atomic E-state index is 0.174. The first-order valence-corrected chi connectivity index (χ1v) is 6.14. The van der Waals surface area contributed by atoms with Crippen molar-refractivity contribution in [1.82, 2.24) is 15.4 Å². The van der Waals surface area contributed by atoms with Gasteiger partial charge in [-0.3, -0.25) is 4.79 Å². The van der Waals surface area contributed by atoms with E-state index in [2.05, 4.69) is 32.6 Å². The maximum atomic E-state index is 11.9. The third kappa shape index (κ3) is 3.22. The van der Waals surface area contributed by atoms with Gasteiger partial charge in [-0.1, -0.05) is 18.8 Å². The highest BCUT2D eigenvalue weighted by molar-refractivity contribution is 6.03. The number of anilines is 1. The quantitative estimate of drug-likeness (QED) is 0.725. The van der Waals surface area contributed by atoms with Gasteiger partial charge in [0.25, 0.3) is 5.91 Å². The largest absolute Gasteiger partial charge is 0.384 e. The number of amides is 1. The Morgan fingerprint density at radius 2 is 2.35 bits per heavy atom. The molecule has 20 heavy (non-hydrogen) atoms. The highest BCUT2D eigenvalue weighted by atomic mass is 16.2. The Balaban J connectivity index is 2.21. The van der Waals surface area contributed by atoms with Crippen molar-refractivity contribution in [2.75, 3.05) is 11.9 Å². The molecule has 0 aliphatic rings. The van der Waals surface area contributed by atoms with Crippen LogP contribution in [0.1, 0.15) is 28.5 Å². The van der Waals surface area contributed by atoms with E-state index in [1.165, 1.54) is 6.20 Å². The summed E-state index contributed by atoms with van der Waals surface area (Å²) in [6.45, 7) is 1.82. The van der Waals surface area contributed by atoms with Gasteiger partial charge < -0.3 is 10.4 Å². The van der Waals surface area contributed by atoms with Crippen LogP contribution in [-0.4, -0.2) is 33.0 Å². The smallest absolute Gasteiger partial charge is 0.277 e. The fourth-order valence-corrected chi connectivity index (χ4v) is 1.72. The molecule has 102 valence electrons. The molecule has 0 unspecified atom stereocenters. The molecule has 0 bridgehead atoms. The Morgan fingerprint density at radius 1 is 1.50 bits per heavy atom. The average Bonchev–Trinajstić information content (AvgIpc) is 3.00. The lowest BCUT2D eigenvalue weighted by Gasteiger charge is -2.09. The summed E-state index contributed by atoms with van der Waals surface area (Å²) in [6.07, 6.45) is 2.12. The van der Waals surface area contributed by atoms with E-state index in [4.69, 9.17) is 5.11 Å². The van der Waals surface area contributed by atoms with Gasteiger partial charge in [-0.2, -0.15) is 15.4 Å². The molecule has 0 saturated carbocycles. The molecular weight excluding hydrogens is 256 g/mol. The number of carbonyl (C=O) groups excluding carboxylic acids is 1. The lowest BCUT2D eigenvalue weighted by atomic mass is 10.1. The molecule has 0 saturated heterocycles. The van der Waals surface area contributed by atoms with Crippen LogP contribution < -0.4 is 5.32 Å². The fourth-order valence-electron chi connectivity index (χ4n) is 1.72. The Kier molecular flexibility index (Phi) is 4.47. The Hall–Kier alpha value is -2.65. The van der Waals surface area contributed by atoms with Crippen molar-refractivity contribution in [2.24, 2.45) is 0 Å². The number of H-pyrrole nitrogens is 1. The van der Waals surface area contributed by atoms with Crippen LogP contribution in [0.2, 0.25) is 0 Å². The molecule has 0 aliphatic carbocycles. The first-order valence-electron chi connectivity index (χ1n) is 6.14. The maximum Gasteiger partial charge on any atom is 0.277 e. The summed E-state index contributed by atoms with van der Waals surface area (Å²) >= 11 is 0. The van der Waals surface area contributed by atoms with E-state index >= 15 is 0 Å². The van der Waals surface area contributed by atoms with Gasteiger partial charge in [-0.05, 0) is 30.2 Å². The summed E-state index contributed by atoms with van der Waals surface area (Å²) in [4.78, 5) is 11.9. The van der Waals surface area contributed by atoms with E-state index < -0.39 is 0 Å². The number of nitrogens with one attached hydrogen (secondary N) is 2. The number of aliphatic hydroxyl groups excluding tert-OH is 1. The van der Waals surface area contributed by atoms with Gasteiger partial charge in [0.15, 0.2) is 5.69 Å². The van der Waals surface area contributed by atoms with Gasteiger partial charge in [-0.25, -0.2) is 0 Å². The Morgan fingerprint density at radius 3 is 3.00 bits per heavy atom. The van der Waals surface area contributed by atoms with Crippen molar-refractivity contribution in [3.63, 3.8) is 0 Å². The average molecular weight is 270 g/mol. The Bertz CT molecular complexity index is 654. The van der Waals surface area contributed by atoms with Gasteiger partial charge in [0.05, 0.1) is 6.20 Å². The second-order valence-corrected chi connectivity index (χ2v) is 3.99. The van der Waals surface area contributed by atoms with Crippen molar-refractivity contribution in [3.05, 3.63) is 41.2 Å². The first-order chi connectivity index (χ1) is 9.74. The summed E-state index contributed by atoms with van der Waals surface area (Å²) in [5.41, 5.74) is 2.72. The molecule has 1 heterocycles. The van der Waals surface area contributed by atoms with E-state index in [0.29, 0.717) is 0 Å². The van der Waals surface area contributed by atoms with E-state index in [0.717, 1.165) is 23.2 Å². The van der Waals surface area contributed by atoms with Crippen LogP contribution in [0.3, 0.4) is 0 Å². The molecule has 3 N–H and O–H groups in total. The molecule has 6 nitrogen and oxygen atoms in total. The maximum absolute atomic E-state index is 11.9. The van der Waals surface area contributed by atoms with Crippen molar-refractivity contribution < 1.29 is 9.90 Å². The standard InChI is InChI=1S/C14H14N4O2/c1-2-11-8-10(4-3-7-19)5-6-12(11)16-14(20)13-9-15-18-17-13/h5-6,8-9,19H,2,7H2,1H3,(H,16,20)(H,15,17,18). The SMILES string of the molecule is CCc1cc(C#CCO)ccc1NC(=O)c1cn[nH]n1. The zero-order valence-corrected chi connectivity index (χ0v) is 11.0. The second kappa shape index (κ2) is 6.50. The van der Waals surface area contributed by atoms with Crippen molar-refractivity contribution in [1.29, 1.82) is 0 Å².